The van der Waals surface area contributed by atoms with Crippen molar-refractivity contribution >= 4 is 28.7 Å². The number of morpholine rings is 1. The Morgan fingerprint density at radius 3 is 2.78 bits per heavy atom. The number of carbonyl (C=O) groups is 1. The molecule has 1 aromatic heterocycles. The molecule has 124 valence electrons. The number of ether oxygens (including phenoxy) is 1. The number of nitrogens with zero attached hydrogens (tertiary/aromatic N) is 2. The topological polar surface area (TPSA) is 93.6 Å². The SMILES string of the molecule is CC(C)[C@H](N)C(=O)Nc1ccc2nc(N3CCOCC3)oc2c1. The maximum Gasteiger partial charge on any atom is 0.298 e. The molecule has 0 bridgehead atoms. The van der Waals surface area contributed by atoms with Gasteiger partial charge < -0.3 is 25.1 Å². The highest BCUT2D eigenvalue weighted by Gasteiger charge is 2.19. The Hall–Kier alpha value is -2.12. The Morgan fingerprint density at radius 1 is 1.35 bits per heavy atom. The van der Waals surface area contributed by atoms with Crippen LogP contribution in [0.25, 0.3) is 11.1 Å². The molecule has 1 atom stereocenters. The van der Waals surface area contributed by atoms with E-state index in [-0.39, 0.29) is 11.8 Å². The summed E-state index contributed by atoms with van der Waals surface area (Å²) in [5.41, 5.74) is 7.91. The number of benzene rings is 1. The molecule has 1 fully saturated rings. The van der Waals surface area contributed by atoms with Crippen molar-refractivity contribution in [3.8, 4) is 0 Å². The third-order valence-electron chi connectivity index (χ3n) is 3.95. The summed E-state index contributed by atoms with van der Waals surface area (Å²) < 4.78 is 11.1. The van der Waals surface area contributed by atoms with Crippen molar-refractivity contribution < 1.29 is 13.9 Å². The van der Waals surface area contributed by atoms with Gasteiger partial charge in [0.15, 0.2) is 5.58 Å². The summed E-state index contributed by atoms with van der Waals surface area (Å²) in [6.07, 6.45) is 0. The van der Waals surface area contributed by atoms with E-state index < -0.39 is 6.04 Å². The lowest BCUT2D eigenvalue weighted by molar-refractivity contribution is -0.118. The van der Waals surface area contributed by atoms with Crippen LogP contribution in [0.3, 0.4) is 0 Å². The summed E-state index contributed by atoms with van der Waals surface area (Å²) in [6.45, 7) is 6.70. The molecule has 0 spiro atoms. The summed E-state index contributed by atoms with van der Waals surface area (Å²) in [4.78, 5) is 18.6. The molecule has 1 aliphatic heterocycles. The molecule has 0 saturated carbocycles. The first-order valence-electron chi connectivity index (χ1n) is 7.84. The first-order chi connectivity index (χ1) is 11.0. The van der Waals surface area contributed by atoms with Crippen molar-refractivity contribution in [2.24, 2.45) is 11.7 Å². The molecule has 7 nitrogen and oxygen atoms in total. The number of fused-ring (bicyclic) bond motifs is 1. The molecule has 1 aromatic carbocycles. The lowest BCUT2D eigenvalue weighted by atomic mass is 10.0. The van der Waals surface area contributed by atoms with E-state index in [4.69, 9.17) is 14.9 Å². The average Bonchev–Trinajstić information content (AvgIpc) is 2.98. The fraction of sp³-hybridized carbons (Fsp3) is 0.500. The van der Waals surface area contributed by atoms with Gasteiger partial charge in [-0.25, -0.2) is 0 Å². The van der Waals surface area contributed by atoms with Gasteiger partial charge in [-0.05, 0) is 18.1 Å². The number of hydrogen-bond donors (Lipinski definition) is 2. The monoisotopic (exact) mass is 318 g/mol. The van der Waals surface area contributed by atoms with E-state index in [1.165, 1.54) is 0 Å². The molecule has 3 rings (SSSR count). The number of nitrogens with two attached hydrogens (primary N) is 1. The van der Waals surface area contributed by atoms with Crippen molar-refractivity contribution in [2.75, 3.05) is 36.5 Å². The molecule has 1 aliphatic rings. The van der Waals surface area contributed by atoms with Crippen LogP contribution >= 0.6 is 0 Å². The Labute approximate surface area is 134 Å². The standard InChI is InChI=1S/C16H22N4O3/c1-10(2)14(17)15(21)18-11-3-4-12-13(9-11)23-16(19-12)20-5-7-22-8-6-20/h3-4,9-10,14H,5-8,17H2,1-2H3,(H,18,21)/t14-/m0/s1. The van der Waals surface area contributed by atoms with Crippen molar-refractivity contribution in [1.82, 2.24) is 4.98 Å². The van der Waals surface area contributed by atoms with E-state index in [0.717, 1.165) is 18.6 Å². The highest BCUT2D eigenvalue weighted by Crippen LogP contribution is 2.25. The van der Waals surface area contributed by atoms with Crippen molar-refractivity contribution in [3.05, 3.63) is 18.2 Å². The van der Waals surface area contributed by atoms with Gasteiger partial charge >= 0.3 is 0 Å². The molecular weight excluding hydrogens is 296 g/mol. The molecule has 0 aliphatic carbocycles. The lowest BCUT2D eigenvalue weighted by Crippen LogP contribution is -2.39. The Balaban J connectivity index is 1.77. The number of anilines is 2. The zero-order chi connectivity index (χ0) is 16.4. The number of oxazole rings is 1. The van der Waals surface area contributed by atoms with Crippen LogP contribution in [-0.2, 0) is 9.53 Å². The maximum atomic E-state index is 12.0. The first-order valence-corrected chi connectivity index (χ1v) is 7.84. The van der Waals surface area contributed by atoms with Crippen LogP contribution in [0.4, 0.5) is 11.7 Å². The summed E-state index contributed by atoms with van der Waals surface area (Å²) in [7, 11) is 0. The number of carbonyl (C=O) groups excluding carboxylic acids is 1. The van der Waals surface area contributed by atoms with Crippen LogP contribution in [0.1, 0.15) is 13.8 Å². The van der Waals surface area contributed by atoms with Gasteiger partial charge in [0.25, 0.3) is 6.01 Å². The molecule has 3 N–H and O–H groups in total. The quantitative estimate of drug-likeness (QED) is 0.889. The number of nitrogens with one attached hydrogen (secondary N) is 1. The predicted molar refractivity (Wildman–Crippen MR) is 88.5 cm³/mol. The van der Waals surface area contributed by atoms with E-state index in [9.17, 15) is 4.79 Å². The second-order valence-electron chi connectivity index (χ2n) is 6.04. The molecule has 0 radical (unpaired) electrons. The van der Waals surface area contributed by atoms with Crippen LogP contribution in [0, 0.1) is 5.92 Å². The molecule has 23 heavy (non-hydrogen) atoms. The second-order valence-corrected chi connectivity index (χ2v) is 6.04. The molecule has 0 unspecified atom stereocenters. The van der Waals surface area contributed by atoms with Gasteiger partial charge in [0.1, 0.15) is 5.52 Å². The Morgan fingerprint density at radius 2 is 2.09 bits per heavy atom. The molecule has 2 heterocycles. The van der Waals surface area contributed by atoms with Crippen LogP contribution in [0.5, 0.6) is 0 Å². The van der Waals surface area contributed by atoms with Gasteiger partial charge in [0, 0.05) is 24.8 Å². The van der Waals surface area contributed by atoms with Gasteiger partial charge in [0.05, 0.1) is 19.3 Å². The minimum Gasteiger partial charge on any atom is -0.423 e. The van der Waals surface area contributed by atoms with E-state index in [2.05, 4.69) is 15.2 Å². The molecule has 1 saturated heterocycles. The van der Waals surface area contributed by atoms with Crippen LogP contribution in [0.15, 0.2) is 22.6 Å². The minimum atomic E-state index is -0.538. The van der Waals surface area contributed by atoms with Crippen molar-refractivity contribution in [3.63, 3.8) is 0 Å². The van der Waals surface area contributed by atoms with Crippen LogP contribution in [-0.4, -0.2) is 43.2 Å². The van der Waals surface area contributed by atoms with E-state index >= 15 is 0 Å². The number of rotatable bonds is 4. The van der Waals surface area contributed by atoms with Gasteiger partial charge in [-0.2, -0.15) is 4.98 Å². The minimum absolute atomic E-state index is 0.0805. The smallest absolute Gasteiger partial charge is 0.298 e. The number of amides is 1. The van der Waals surface area contributed by atoms with E-state index in [0.29, 0.717) is 30.5 Å². The highest BCUT2D eigenvalue weighted by molar-refractivity contribution is 5.96. The highest BCUT2D eigenvalue weighted by atomic mass is 16.5. The van der Waals surface area contributed by atoms with Gasteiger partial charge in [-0.1, -0.05) is 13.8 Å². The fourth-order valence-corrected chi connectivity index (χ4v) is 2.41. The largest absolute Gasteiger partial charge is 0.423 e. The third-order valence-corrected chi connectivity index (χ3v) is 3.95. The van der Waals surface area contributed by atoms with Gasteiger partial charge in [-0.15, -0.1) is 0 Å². The zero-order valence-corrected chi connectivity index (χ0v) is 13.4. The normalized spacial score (nSPS) is 16.8. The summed E-state index contributed by atoms with van der Waals surface area (Å²) in [6, 6.07) is 5.46. The molecule has 1 amide bonds. The fourth-order valence-electron chi connectivity index (χ4n) is 2.41. The van der Waals surface area contributed by atoms with Gasteiger partial charge in [0.2, 0.25) is 5.91 Å². The Kier molecular flexibility index (Phi) is 4.49. The van der Waals surface area contributed by atoms with Crippen molar-refractivity contribution in [2.45, 2.75) is 19.9 Å². The summed E-state index contributed by atoms with van der Waals surface area (Å²) >= 11 is 0. The van der Waals surface area contributed by atoms with Crippen molar-refractivity contribution in [1.29, 1.82) is 0 Å². The average molecular weight is 318 g/mol. The maximum absolute atomic E-state index is 12.0. The second kappa shape index (κ2) is 6.55. The van der Waals surface area contributed by atoms with E-state index in [1.54, 1.807) is 12.1 Å². The third kappa shape index (κ3) is 3.46. The summed E-state index contributed by atoms with van der Waals surface area (Å²) in [5.74, 6) is -0.121. The number of aromatic nitrogens is 1. The zero-order valence-electron chi connectivity index (χ0n) is 13.4. The predicted octanol–water partition coefficient (Wildman–Crippen LogP) is 1.59. The summed E-state index contributed by atoms with van der Waals surface area (Å²) in [5, 5.41) is 2.82. The molecule has 7 heteroatoms. The lowest BCUT2D eigenvalue weighted by Gasteiger charge is -2.24. The Bertz CT molecular complexity index is 692. The van der Waals surface area contributed by atoms with E-state index in [1.807, 2.05) is 19.9 Å². The number of hydrogen-bond acceptors (Lipinski definition) is 6. The van der Waals surface area contributed by atoms with Crippen LogP contribution < -0.4 is 16.0 Å². The molecular formula is C16H22N4O3. The molecule has 2 aromatic rings. The first kappa shape index (κ1) is 15.8. The van der Waals surface area contributed by atoms with Crippen LogP contribution in [0.2, 0.25) is 0 Å². The van der Waals surface area contributed by atoms with Gasteiger partial charge in [-0.3, -0.25) is 4.79 Å².